The normalized spacial score (nSPS) is 10.9. The molecule has 3 rings (SSSR count). The quantitative estimate of drug-likeness (QED) is 0.705. The molecular weight excluding hydrogens is 270 g/mol. The number of hydrogen-bond acceptors (Lipinski definition) is 5. The summed E-state index contributed by atoms with van der Waals surface area (Å²) in [5.41, 5.74) is 1.91. The molecule has 0 unspecified atom stereocenters. The smallest absolute Gasteiger partial charge is 0.295 e. The summed E-state index contributed by atoms with van der Waals surface area (Å²) in [5, 5.41) is 7.96. The fourth-order valence-corrected chi connectivity index (χ4v) is 2.21. The standard InChI is InChI=1S/C14H15N5O2/c1-18-10-11(8-16-18)4-3-7-19-13(17-21-14(19)20)12-5-2-6-15-9-12/h2,5-6,8-10H,3-4,7H2,1H3. The Bertz CT molecular complexity index is 772. The van der Waals surface area contributed by atoms with Gasteiger partial charge in [-0.05, 0) is 30.5 Å². The van der Waals surface area contributed by atoms with Crippen molar-refractivity contribution in [2.45, 2.75) is 19.4 Å². The average Bonchev–Trinajstić information content (AvgIpc) is 3.07. The minimum atomic E-state index is -0.444. The van der Waals surface area contributed by atoms with Crippen LogP contribution in [-0.4, -0.2) is 24.5 Å². The van der Waals surface area contributed by atoms with E-state index in [1.54, 1.807) is 23.1 Å². The van der Waals surface area contributed by atoms with Crippen LogP contribution in [0.25, 0.3) is 11.4 Å². The van der Waals surface area contributed by atoms with E-state index in [1.165, 1.54) is 4.57 Å². The first-order chi connectivity index (χ1) is 10.2. The van der Waals surface area contributed by atoms with Gasteiger partial charge in [0.15, 0.2) is 5.82 Å². The minimum absolute atomic E-state index is 0.444. The molecular formula is C14H15N5O2. The molecule has 0 aliphatic heterocycles. The number of hydrogen-bond donors (Lipinski definition) is 0. The number of nitrogens with zero attached hydrogens (tertiary/aromatic N) is 5. The molecule has 3 aromatic rings. The number of rotatable bonds is 5. The van der Waals surface area contributed by atoms with E-state index in [-0.39, 0.29) is 0 Å². The molecule has 3 aromatic heterocycles. The summed E-state index contributed by atoms with van der Waals surface area (Å²) in [6.45, 7) is 0.543. The molecule has 108 valence electrons. The Morgan fingerprint density at radius 1 is 1.33 bits per heavy atom. The summed E-state index contributed by atoms with van der Waals surface area (Å²) in [6.07, 6.45) is 8.79. The molecule has 0 atom stereocenters. The lowest BCUT2D eigenvalue weighted by molar-refractivity contribution is 0.375. The van der Waals surface area contributed by atoms with E-state index < -0.39 is 5.76 Å². The first-order valence-electron chi connectivity index (χ1n) is 6.68. The highest BCUT2D eigenvalue weighted by Gasteiger charge is 2.12. The summed E-state index contributed by atoms with van der Waals surface area (Å²) in [7, 11) is 1.88. The van der Waals surface area contributed by atoms with Gasteiger partial charge in [-0.15, -0.1) is 0 Å². The molecule has 21 heavy (non-hydrogen) atoms. The van der Waals surface area contributed by atoms with Crippen LogP contribution in [0.2, 0.25) is 0 Å². The highest BCUT2D eigenvalue weighted by Crippen LogP contribution is 2.14. The highest BCUT2D eigenvalue weighted by atomic mass is 16.5. The second-order valence-electron chi connectivity index (χ2n) is 4.79. The van der Waals surface area contributed by atoms with Gasteiger partial charge in [0.2, 0.25) is 0 Å². The monoisotopic (exact) mass is 285 g/mol. The van der Waals surface area contributed by atoms with Crippen molar-refractivity contribution in [1.82, 2.24) is 24.5 Å². The van der Waals surface area contributed by atoms with Crippen LogP contribution >= 0.6 is 0 Å². The third-order valence-corrected chi connectivity index (χ3v) is 3.21. The van der Waals surface area contributed by atoms with Crippen molar-refractivity contribution in [3.63, 3.8) is 0 Å². The van der Waals surface area contributed by atoms with Gasteiger partial charge in [-0.25, -0.2) is 4.79 Å². The predicted octanol–water partition coefficient (Wildman–Crippen LogP) is 1.26. The predicted molar refractivity (Wildman–Crippen MR) is 75.5 cm³/mol. The summed E-state index contributed by atoms with van der Waals surface area (Å²) in [6, 6.07) is 3.65. The highest BCUT2D eigenvalue weighted by molar-refractivity contribution is 5.52. The Morgan fingerprint density at radius 3 is 2.95 bits per heavy atom. The van der Waals surface area contributed by atoms with Crippen LogP contribution in [0.1, 0.15) is 12.0 Å². The van der Waals surface area contributed by atoms with Gasteiger partial charge < -0.3 is 0 Å². The van der Waals surface area contributed by atoms with Gasteiger partial charge in [-0.3, -0.25) is 18.8 Å². The van der Waals surface area contributed by atoms with Crippen LogP contribution in [0.3, 0.4) is 0 Å². The molecule has 0 aliphatic rings. The van der Waals surface area contributed by atoms with E-state index >= 15 is 0 Å². The van der Waals surface area contributed by atoms with Crippen molar-refractivity contribution >= 4 is 0 Å². The molecule has 7 heteroatoms. The lowest BCUT2D eigenvalue weighted by Crippen LogP contribution is -2.16. The Kier molecular flexibility index (Phi) is 3.63. The van der Waals surface area contributed by atoms with E-state index in [0.29, 0.717) is 12.4 Å². The van der Waals surface area contributed by atoms with Crippen LogP contribution in [-0.2, 0) is 20.0 Å². The second kappa shape index (κ2) is 5.74. The van der Waals surface area contributed by atoms with E-state index in [2.05, 4.69) is 15.2 Å². The fraction of sp³-hybridized carbons (Fsp3) is 0.286. The average molecular weight is 285 g/mol. The minimum Gasteiger partial charge on any atom is -0.295 e. The lowest BCUT2D eigenvalue weighted by atomic mass is 10.2. The Labute approximate surface area is 120 Å². The van der Waals surface area contributed by atoms with Crippen LogP contribution in [0, 0.1) is 0 Å². The topological polar surface area (TPSA) is 78.7 Å². The molecule has 0 aliphatic carbocycles. The zero-order chi connectivity index (χ0) is 14.7. The summed E-state index contributed by atoms with van der Waals surface area (Å²) in [5.74, 6) is 0.0688. The van der Waals surface area contributed by atoms with E-state index in [1.807, 2.05) is 25.5 Å². The van der Waals surface area contributed by atoms with E-state index in [9.17, 15) is 4.79 Å². The summed E-state index contributed by atoms with van der Waals surface area (Å²) in [4.78, 5) is 15.8. The molecule has 0 spiro atoms. The zero-order valence-corrected chi connectivity index (χ0v) is 11.6. The zero-order valence-electron chi connectivity index (χ0n) is 11.6. The van der Waals surface area contributed by atoms with Crippen LogP contribution < -0.4 is 5.76 Å². The molecule has 0 fully saturated rings. The van der Waals surface area contributed by atoms with Crippen molar-refractivity contribution in [3.8, 4) is 11.4 Å². The SMILES string of the molecule is Cn1cc(CCCn2c(-c3cccnc3)noc2=O)cn1. The van der Waals surface area contributed by atoms with Crippen molar-refractivity contribution in [2.75, 3.05) is 0 Å². The van der Waals surface area contributed by atoms with Crippen molar-refractivity contribution in [1.29, 1.82) is 0 Å². The van der Waals surface area contributed by atoms with Crippen LogP contribution in [0.4, 0.5) is 0 Å². The Morgan fingerprint density at radius 2 is 2.24 bits per heavy atom. The fourth-order valence-electron chi connectivity index (χ4n) is 2.21. The third kappa shape index (κ3) is 2.91. The molecule has 0 bridgehead atoms. The van der Waals surface area contributed by atoms with Crippen molar-refractivity contribution < 1.29 is 4.52 Å². The first kappa shape index (κ1) is 13.3. The number of pyridine rings is 1. The molecule has 7 nitrogen and oxygen atoms in total. The number of aromatic nitrogens is 5. The summed E-state index contributed by atoms with van der Waals surface area (Å²) < 4.78 is 8.07. The molecule has 0 N–H and O–H groups in total. The van der Waals surface area contributed by atoms with Gasteiger partial charge >= 0.3 is 5.76 Å². The lowest BCUT2D eigenvalue weighted by Gasteiger charge is -2.03. The van der Waals surface area contributed by atoms with Gasteiger partial charge in [-0.2, -0.15) is 5.10 Å². The number of aryl methyl sites for hydroxylation is 2. The Balaban J connectivity index is 1.74. The van der Waals surface area contributed by atoms with Gasteiger partial charge in [0.05, 0.1) is 6.20 Å². The van der Waals surface area contributed by atoms with Crippen LogP contribution in [0.15, 0.2) is 46.2 Å². The first-order valence-corrected chi connectivity index (χ1v) is 6.68. The molecule has 3 heterocycles. The van der Waals surface area contributed by atoms with E-state index in [0.717, 1.165) is 24.0 Å². The van der Waals surface area contributed by atoms with Gasteiger partial charge in [0.25, 0.3) is 0 Å². The van der Waals surface area contributed by atoms with Crippen LogP contribution in [0.5, 0.6) is 0 Å². The maximum absolute atomic E-state index is 11.8. The molecule has 0 saturated heterocycles. The van der Waals surface area contributed by atoms with Crippen molar-refractivity contribution in [3.05, 3.63) is 53.0 Å². The van der Waals surface area contributed by atoms with Gasteiger partial charge in [0.1, 0.15) is 0 Å². The van der Waals surface area contributed by atoms with Gasteiger partial charge in [-0.1, -0.05) is 5.16 Å². The second-order valence-corrected chi connectivity index (χ2v) is 4.79. The Hall–Kier alpha value is -2.70. The maximum Gasteiger partial charge on any atom is 0.441 e. The van der Waals surface area contributed by atoms with Crippen molar-refractivity contribution in [2.24, 2.45) is 7.05 Å². The molecule has 0 radical (unpaired) electrons. The van der Waals surface area contributed by atoms with E-state index in [4.69, 9.17) is 4.52 Å². The third-order valence-electron chi connectivity index (χ3n) is 3.21. The van der Waals surface area contributed by atoms with Gasteiger partial charge in [0, 0.05) is 37.7 Å². The maximum atomic E-state index is 11.8. The molecule has 0 aromatic carbocycles. The summed E-state index contributed by atoms with van der Waals surface area (Å²) >= 11 is 0. The molecule has 0 amide bonds. The largest absolute Gasteiger partial charge is 0.441 e. The molecule has 0 saturated carbocycles.